The first-order chi connectivity index (χ1) is 14.9. The van der Waals surface area contributed by atoms with Crippen molar-refractivity contribution in [2.24, 2.45) is 0 Å². The number of fused-ring (bicyclic) bond motifs is 1. The predicted molar refractivity (Wildman–Crippen MR) is 106 cm³/mol. The molecule has 0 spiro atoms. The lowest BCUT2D eigenvalue weighted by molar-refractivity contribution is -0.141. The Hall–Kier alpha value is -3.36. The van der Waals surface area contributed by atoms with Crippen molar-refractivity contribution in [2.45, 2.75) is 31.1 Å². The van der Waals surface area contributed by atoms with E-state index in [1.54, 1.807) is 25.1 Å². The van der Waals surface area contributed by atoms with Crippen LogP contribution in [0.2, 0.25) is 0 Å². The fraction of sp³-hybridized carbons (Fsp3) is 0.217. The molecule has 1 atom stereocenters. The molecule has 3 aromatic rings. The second-order valence-corrected chi connectivity index (χ2v) is 7.85. The molecule has 2 aromatic carbocycles. The van der Waals surface area contributed by atoms with Crippen molar-refractivity contribution >= 4 is 11.6 Å². The van der Waals surface area contributed by atoms with E-state index < -0.39 is 29.0 Å². The van der Waals surface area contributed by atoms with E-state index in [1.807, 2.05) is 0 Å². The fourth-order valence-electron chi connectivity index (χ4n) is 3.83. The molecule has 1 N–H and O–H groups in total. The number of amides is 1. The zero-order valence-electron chi connectivity index (χ0n) is 16.6. The second-order valence-electron chi connectivity index (χ2n) is 7.85. The van der Waals surface area contributed by atoms with Crippen LogP contribution < -0.4 is 5.32 Å². The van der Waals surface area contributed by atoms with Crippen LogP contribution in [0.1, 0.15) is 29.3 Å². The topological polar surface area (TPSA) is 42.0 Å². The molecule has 0 saturated heterocycles. The Morgan fingerprint density at radius 2 is 1.62 bits per heavy atom. The maximum Gasteiger partial charge on any atom is 0.433 e. The number of nitrogens with zero attached hydrogens (tertiary/aromatic N) is 1. The molecule has 2 heterocycles. The van der Waals surface area contributed by atoms with Gasteiger partial charge in [-0.05, 0) is 65.9 Å². The van der Waals surface area contributed by atoms with Crippen LogP contribution in [0.15, 0.2) is 60.8 Å². The van der Waals surface area contributed by atoms with Crippen LogP contribution in [-0.2, 0) is 29.0 Å². The Bertz CT molecular complexity index is 1180. The maximum absolute atomic E-state index is 13.1. The molecule has 3 nitrogen and oxygen atoms in total. The lowest BCUT2D eigenvalue weighted by atomic mass is 9.78. The molecule has 166 valence electrons. The Morgan fingerprint density at radius 3 is 2.25 bits per heavy atom. The van der Waals surface area contributed by atoms with Crippen molar-refractivity contribution in [3.63, 3.8) is 0 Å². The molecule has 1 amide bonds. The normalized spacial score (nSPS) is 18.4. The number of carbonyl (C=O) groups excluding carboxylic acids is 1. The average molecular weight is 450 g/mol. The minimum absolute atomic E-state index is 0.0724. The number of benzene rings is 2. The summed E-state index contributed by atoms with van der Waals surface area (Å²) in [6.45, 7) is 1.64. The Morgan fingerprint density at radius 1 is 0.906 bits per heavy atom. The monoisotopic (exact) mass is 450 g/mol. The summed E-state index contributed by atoms with van der Waals surface area (Å²) in [5.41, 5.74) is -0.645. The van der Waals surface area contributed by atoms with Gasteiger partial charge in [0.05, 0.1) is 11.0 Å². The number of hydrogen-bond donors (Lipinski definition) is 1. The van der Waals surface area contributed by atoms with Gasteiger partial charge in [0, 0.05) is 11.9 Å². The van der Waals surface area contributed by atoms with Gasteiger partial charge in [0.15, 0.2) is 0 Å². The summed E-state index contributed by atoms with van der Waals surface area (Å²) in [6, 6.07) is 11.8. The summed E-state index contributed by atoms with van der Waals surface area (Å²) in [7, 11) is 0. The van der Waals surface area contributed by atoms with Crippen LogP contribution in [0.4, 0.5) is 32.0 Å². The van der Waals surface area contributed by atoms with Gasteiger partial charge in [-0.25, -0.2) is 0 Å². The van der Waals surface area contributed by atoms with E-state index in [2.05, 4.69) is 10.3 Å². The third kappa shape index (κ3) is 3.94. The SMILES string of the molecule is CC1(Cc2ccc(C(F)(F)F)nc2)C(=O)Nc2ccc(-c3cccc(C(F)(F)F)c3)cc21. The highest BCUT2D eigenvalue weighted by molar-refractivity contribution is 6.06. The van der Waals surface area contributed by atoms with Gasteiger partial charge < -0.3 is 5.32 Å². The summed E-state index contributed by atoms with van der Waals surface area (Å²) >= 11 is 0. The van der Waals surface area contributed by atoms with Crippen LogP contribution in [0.25, 0.3) is 11.1 Å². The first kappa shape index (κ1) is 21.9. The van der Waals surface area contributed by atoms with E-state index in [-0.39, 0.29) is 12.3 Å². The molecule has 0 saturated carbocycles. The van der Waals surface area contributed by atoms with Crippen molar-refractivity contribution in [3.05, 3.63) is 83.2 Å². The number of carbonyl (C=O) groups is 1. The second kappa shape index (κ2) is 7.36. The smallest absolute Gasteiger partial charge is 0.325 e. The van der Waals surface area contributed by atoms with Crippen molar-refractivity contribution in [1.82, 2.24) is 4.98 Å². The molecule has 1 aliphatic heterocycles. The Kier molecular flexibility index (Phi) is 5.02. The van der Waals surface area contributed by atoms with Gasteiger partial charge >= 0.3 is 12.4 Å². The van der Waals surface area contributed by atoms with Crippen LogP contribution in [0.5, 0.6) is 0 Å². The van der Waals surface area contributed by atoms with E-state index in [0.29, 0.717) is 27.9 Å². The predicted octanol–water partition coefficient (Wildman–Crippen LogP) is 6.24. The van der Waals surface area contributed by atoms with E-state index in [9.17, 15) is 31.1 Å². The number of nitrogens with one attached hydrogen (secondary N) is 1. The van der Waals surface area contributed by atoms with Gasteiger partial charge in [-0.1, -0.05) is 24.3 Å². The summed E-state index contributed by atoms with van der Waals surface area (Å²) < 4.78 is 77.6. The number of alkyl halides is 6. The molecule has 4 rings (SSSR count). The number of aromatic nitrogens is 1. The fourth-order valence-corrected chi connectivity index (χ4v) is 3.83. The van der Waals surface area contributed by atoms with Gasteiger partial charge in [0.1, 0.15) is 5.69 Å². The molecule has 0 aliphatic carbocycles. The molecule has 32 heavy (non-hydrogen) atoms. The van der Waals surface area contributed by atoms with Crippen molar-refractivity contribution in [2.75, 3.05) is 5.32 Å². The number of pyridine rings is 1. The lowest BCUT2D eigenvalue weighted by Crippen LogP contribution is -2.33. The number of anilines is 1. The van der Waals surface area contributed by atoms with Crippen molar-refractivity contribution in [1.29, 1.82) is 0 Å². The molecular weight excluding hydrogens is 434 g/mol. The first-order valence-corrected chi connectivity index (χ1v) is 9.54. The molecule has 0 bridgehead atoms. The van der Waals surface area contributed by atoms with Gasteiger partial charge in [-0.3, -0.25) is 9.78 Å². The number of halogens is 6. The van der Waals surface area contributed by atoms with Crippen molar-refractivity contribution in [3.8, 4) is 11.1 Å². The molecule has 0 fully saturated rings. The van der Waals surface area contributed by atoms with E-state index in [0.717, 1.165) is 24.4 Å². The minimum Gasteiger partial charge on any atom is -0.325 e. The largest absolute Gasteiger partial charge is 0.433 e. The standard InChI is InChI=1S/C23H16F6N2O/c1-21(11-13-5-8-19(30-12-13)23(27,28)29)17-10-15(6-7-18(17)31-20(21)32)14-3-2-4-16(9-14)22(24,25)26/h2-10,12H,11H2,1H3,(H,31,32). The Balaban J connectivity index is 1.70. The molecule has 0 radical (unpaired) electrons. The molecule has 9 heteroatoms. The number of rotatable bonds is 3. The van der Waals surface area contributed by atoms with Crippen molar-refractivity contribution < 1.29 is 31.1 Å². The summed E-state index contributed by atoms with van der Waals surface area (Å²) in [5.74, 6) is -0.353. The lowest BCUT2D eigenvalue weighted by Gasteiger charge is -2.23. The molecular formula is C23H16F6N2O. The number of hydrogen-bond acceptors (Lipinski definition) is 2. The van der Waals surface area contributed by atoms with E-state index in [4.69, 9.17) is 0 Å². The quantitative estimate of drug-likeness (QED) is 0.480. The average Bonchev–Trinajstić information content (AvgIpc) is 2.97. The summed E-state index contributed by atoms with van der Waals surface area (Å²) in [6.07, 6.45) is -7.91. The molecule has 1 unspecified atom stereocenters. The van der Waals surface area contributed by atoms with Crippen LogP contribution in [0.3, 0.4) is 0 Å². The van der Waals surface area contributed by atoms with Gasteiger partial charge in [0.2, 0.25) is 5.91 Å². The zero-order valence-corrected chi connectivity index (χ0v) is 16.6. The zero-order chi connectivity index (χ0) is 23.3. The first-order valence-electron chi connectivity index (χ1n) is 9.54. The maximum atomic E-state index is 13.1. The van der Waals surface area contributed by atoms with Gasteiger partial charge in [-0.15, -0.1) is 0 Å². The van der Waals surface area contributed by atoms with E-state index >= 15 is 0 Å². The van der Waals surface area contributed by atoms with E-state index in [1.165, 1.54) is 18.2 Å². The van der Waals surface area contributed by atoms with Gasteiger partial charge in [0.25, 0.3) is 0 Å². The molecule has 1 aliphatic rings. The van der Waals surface area contributed by atoms with Crippen LogP contribution in [-0.4, -0.2) is 10.9 Å². The minimum atomic E-state index is -4.57. The van der Waals surface area contributed by atoms with Gasteiger partial charge in [-0.2, -0.15) is 26.3 Å². The highest BCUT2D eigenvalue weighted by atomic mass is 19.4. The van der Waals surface area contributed by atoms with Crippen LogP contribution >= 0.6 is 0 Å². The highest BCUT2D eigenvalue weighted by Gasteiger charge is 2.43. The highest BCUT2D eigenvalue weighted by Crippen LogP contribution is 2.42. The Labute approximate surface area is 179 Å². The molecule has 1 aromatic heterocycles. The summed E-state index contributed by atoms with van der Waals surface area (Å²) in [5, 5.41) is 2.74. The van der Waals surface area contributed by atoms with Crippen LogP contribution in [0, 0.1) is 0 Å². The summed E-state index contributed by atoms with van der Waals surface area (Å²) in [4.78, 5) is 16.2. The third-order valence-electron chi connectivity index (χ3n) is 5.56. The third-order valence-corrected chi connectivity index (χ3v) is 5.56.